The Morgan fingerprint density at radius 3 is 2.61 bits per heavy atom. The number of ether oxygens (including phenoxy) is 1. The van der Waals surface area contributed by atoms with E-state index < -0.39 is 0 Å². The number of benzene rings is 2. The van der Waals surface area contributed by atoms with Crippen LogP contribution >= 0.6 is 0 Å². The number of piperidine rings is 1. The zero-order chi connectivity index (χ0) is 25.5. The second-order valence-electron chi connectivity index (χ2n) is 9.59. The van der Waals surface area contributed by atoms with E-state index in [2.05, 4.69) is 30.5 Å². The first-order chi connectivity index (χ1) is 18.7. The maximum Gasteiger partial charge on any atom is 0.138 e. The standard InChI is InChI=1S/C30H25FN6O/c31-25-6-2-1-4-22(25)21-5-3-7-26-23(21)13-28(35-26)30-24-14-27(34-17-29(24)36-37-30)18-12-20(16-33-15-18)38-19-8-10-32-11-9-19/h1-7,12-17,19,32,35H,8-11H2,(H,36,37). The highest BCUT2D eigenvalue weighted by molar-refractivity contribution is 6.01. The molecule has 6 aromatic rings. The van der Waals surface area contributed by atoms with Crippen LogP contribution in [0.25, 0.3) is 55.6 Å². The van der Waals surface area contributed by atoms with E-state index in [4.69, 9.17) is 4.74 Å². The summed E-state index contributed by atoms with van der Waals surface area (Å²) in [6, 6.07) is 18.7. The first kappa shape index (κ1) is 22.6. The molecule has 1 saturated heterocycles. The lowest BCUT2D eigenvalue weighted by atomic mass is 10.0. The number of aromatic nitrogens is 5. The molecule has 188 valence electrons. The van der Waals surface area contributed by atoms with Crippen LogP contribution in [0.4, 0.5) is 4.39 Å². The number of rotatable bonds is 5. The largest absolute Gasteiger partial charge is 0.489 e. The Hall–Kier alpha value is -4.56. The van der Waals surface area contributed by atoms with Crippen molar-refractivity contribution in [3.8, 4) is 39.5 Å². The van der Waals surface area contributed by atoms with E-state index >= 15 is 0 Å². The molecule has 0 atom stereocenters. The zero-order valence-corrected chi connectivity index (χ0v) is 20.5. The Morgan fingerprint density at radius 1 is 0.842 bits per heavy atom. The van der Waals surface area contributed by atoms with E-state index in [1.165, 1.54) is 6.07 Å². The van der Waals surface area contributed by atoms with Crippen molar-refractivity contribution in [1.82, 2.24) is 30.5 Å². The molecule has 0 saturated carbocycles. The van der Waals surface area contributed by atoms with Crippen molar-refractivity contribution in [3.63, 3.8) is 0 Å². The first-order valence-corrected chi connectivity index (χ1v) is 12.8. The summed E-state index contributed by atoms with van der Waals surface area (Å²) in [6.07, 6.45) is 7.50. The lowest BCUT2D eigenvalue weighted by Crippen LogP contribution is -2.34. The predicted octanol–water partition coefficient (Wildman–Crippen LogP) is 6.11. The van der Waals surface area contributed by atoms with Crippen LogP contribution in [0.1, 0.15) is 12.8 Å². The number of hydrogen-bond donors (Lipinski definition) is 3. The Morgan fingerprint density at radius 2 is 1.71 bits per heavy atom. The second kappa shape index (κ2) is 9.39. The normalized spacial score (nSPS) is 14.3. The minimum absolute atomic E-state index is 0.195. The van der Waals surface area contributed by atoms with Gasteiger partial charge in [0.25, 0.3) is 0 Å². The summed E-state index contributed by atoms with van der Waals surface area (Å²) >= 11 is 0. The molecule has 1 aliphatic rings. The number of halogens is 1. The van der Waals surface area contributed by atoms with E-state index in [-0.39, 0.29) is 11.9 Å². The summed E-state index contributed by atoms with van der Waals surface area (Å²) in [7, 11) is 0. The molecule has 5 heterocycles. The van der Waals surface area contributed by atoms with Crippen LogP contribution < -0.4 is 10.1 Å². The van der Waals surface area contributed by atoms with Gasteiger partial charge in [-0.1, -0.05) is 30.3 Å². The molecule has 0 radical (unpaired) electrons. The molecule has 8 heteroatoms. The van der Waals surface area contributed by atoms with Crippen LogP contribution in [0.3, 0.4) is 0 Å². The van der Waals surface area contributed by atoms with Gasteiger partial charge in [-0.05, 0) is 61.8 Å². The van der Waals surface area contributed by atoms with Crippen molar-refractivity contribution in [2.24, 2.45) is 0 Å². The Bertz CT molecular complexity index is 1770. The first-order valence-electron chi connectivity index (χ1n) is 12.8. The third-order valence-electron chi connectivity index (χ3n) is 7.13. The van der Waals surface area contributed by atoms with E-state index in [9.17, 15) is 4.39 Å². The summed E-state index contributed by atoms with van der Waals surface area (Å²) in [6.45, 7) is 1.93. The number of aromatic amines is 2. The van der Waals surface area contributed by atoms with E-state index in [1.54, 1.807) is 30.7 Å². The third-order valence-corrected chi connectivity index (χ3v) is 7.13. The number of fused-ring (bicyclic) bond motifs is 2. The van der Waals surface area contributed by atoms with Crippen molar-refractivity contribution in [1.29, 1.82) is 0 Å². The van der Waals surface area contributed by atoms with Crippen LogP contribution in [0.5, 0.6) is 5.75 Å². The lowest BCUT2D eigenvalue weighted by Gasteiger charge is -2.23. The maximum atomic E-state index is 14.6. The van der Waals surface area contributed by atoms with Crippen LogP contribution in [-0.4, -0.2) is 44.3 Å². The molecular weight excluding hydrogens is 479 g/mol. The molecule has 0 aliphatic carbocycles. The summed E-state index contributed by atoms with van der Waals surface area (Å²) in [5.41, 5.74) is 6.42. The maximum absolute atomic E-state index is 14.6. The molecule has 0 spiro atoms. The molecule has 2 aromatic carbocycles. The second-order valence-corrected chi connectivity index (χ2v) is 9.59. The minimum Gasteiger partial charge on any atom is -0.489 e. The highest BCUT2D eigenvalue weighted by Crippen LogP contribution is 2.35. The fraction of sp³-hybridized carbons (Fsp3) is 0.167. The van der Waals surface area contributed by atoms with Gasteiger partial charge < -0.3 is 15.0 Å². The van der Waals surface area contributed by atoms with Gasteiger partial charge in [-0.2, -0.15) is 5.10 Å². The molecule has 7 nitrogen and oxygen atoms in total. The Balaban J connectivity index is 1.26. The smallest absolute Gasteiger partial charge is 0.138 e. The molecule has 1 fully saturated rings. The number of H-pyrrole nitrogens is 2. The molecule has 0 amide bonds. The van der Waals surface area contributed by atoms with Crippen molar-refractivity contribution in [2.45, 2.75) is 18.9 Å². The monoisotopic (exact) mass is 504 g/mol. The number of nitrogens with zero attached hydrogens (tertiary/aromatic N) is 3. The van der Waals surface area contributed by atoms with Gasteiger partial charge in [-0.3, -0.25) is 15.1 Å². The quantitative estimate of drug-likeness (QED) is 0.264. The Kier molecular flexibility index (Phi) is 5.59. The number of nitrogens with one attached hydrogen (secondary N) is 3. The van der Waals surface area contributed by atoms with Gasteiger partial charge in [0.1, 0.15) is 23.4 Å². The molecule has 3 N–H and O–H groups in total. The predicted molar refractivity (Wildman–Crippen MR) is 146 cm³/mol. The van der Waals surface area contributed by atoms with Crippen LogP contribution in [-0.2, 0) is 0 Å². The molecule has 7 rings (SSSR count). The molecule has 1 aliphatic heterocycles. The van der Waals surface area contributed by atoms with Gasteiger partial charge in [-0.15, -0.1) is 0 Å². The molecule has 38 heavy (non-hydrogen) atoms. The number of hydrogen-bond acceptors (Lipinski definition) is 5. The van der Waals surface area contributed by atoms with E-state index in [0.29, 0.717) is 5.56 Å². The van der Waals surface area contributed by atoms with Gasteiger partial charge in [0.15, 0.2) is 0 Å². The molecule has 0 unspecified atom stereocenters. The highest BCUT2D eigenvalue weighted by Gasteiger charge is 2.17. The lowest BCUT2D eigenvalue weighted by molar-refractivity contribution is 0.162. The highest BCUT2D eigenvalue weighted by atomic mass is 19.1. The van der Waals surface area contributed by atoms with Gasteiger partial charge in [-0.25, -0.2) is 4.39 Å². The van der Waals surface area contributed by atoms with Crippen molar-refractivity contribution >= 4 is 21.8 Å². The molecule has 0 bridgehead atoms. The SMILES string of the molecule is Fc1ccccc1-c1cccc2[nH]c(-c3n[nH]c4cnc(-c5cncc(OC6CCNCC6)c5)cc34)cc12. The third kappa shape index (κ3) is 4.09. The van der Waals surface area contributed by atoms with Crippen LogP contribution in [0, 0.1) is 5.82 Å². The Labute approximate surface area is 218 Å². The van der Waals surface area contributed by atoms with Crippen molar-refractivity contribution in [3.05, 3.63) is 85.1 Å². The van der Waals surface area contributed by atoms with Gasteiger partial charge in [0.05, 0.1) is 29.3 Å². The molecular formula is C30H25FN6O. The van der Waals surface area contributed by atoms with Gasteiger partial charge in [0, 0.05) is 33.6 Å². The van der Waals surface area contributed by atoms with Crippen LogP contribution in [0.15, 0.2) is 79.3 Å². The minimum atomic E-state index is -0.247. The summed E-state index contributed by atoms with van der Waals surface area (Å²) in [4.78, 5) is 12.5. The number of pyridine rings is 2. The molecule has 4 aromatic heterocycles. The van der Waals surface area contributed by atoms with Crippen molar-refractivity contribution in [2.75, 3.05) is 13.1 Å². The fourth-order valence-electron chi connectivity index (χ4n) is 5.21. The van der Waals surface area contributed by atoms with E-state index in [1.807, 2.05) is 42.5 Å². The average molecular weight is 505 g/mol. The van der Waals surface area contributed by atoms with Gasteiger partial charge >= 0.3 is 0 Å². The van der Waals surface area contributed by atoms with Crippen molar-refractivity contribution < 1.29 is 9.13 Å². The average Bonchev–Trinajstić information content (AvgIpc) is 3.58. The van der Waals surface area contributed by atoms with Gasteiger partial charge in [0.2, 0.25) is 0 Å². The summed E-state index contributed by atoms with van der Waals surface area (Å²) < 4.78 is 20.8. The topological polar surface area (TPSA) is 91.5 Å². The zero-order valence-electron chi connectivity index (χ0n) is 20.5. The summed E-state index contributed by atoms with van der Waals surface area (Å²) in [5.74, 6) is 0.503. The fourth-order valence-corrected chi connectivity index (χ4v) is 5.21. The van der Waals surface area contributed by atoms with E-state index in [0.717, 1.165) is 81.7 Å². The summed E-state index contributed by atoms with van der Waals surface area (Å²) in [5, 5.41) is 12.9. The van der Waals surface area contributed by atoms with Crippen LogP contribution in [0.2, 0.25) is 0 Å².